The quantitative estimate of drug-likeness (QED) is 0.242. The van der Waals surface area contributed by atoms with Gasteiger partial charge in [-0.05, 0) is 6.08 Å². The van der Waals surface area contributed by atoms with Crippen LogP contribution in [0, 0.1) is 0 Å². The van der Waals surface area contributed by atoms with E-state index in [-0.39, 0.29) is 29.6 Å². The van der Waals surface area contributed by atoms with Gasteiger partial charge >= 0.3 is 29.6 Å². The Kier molecular flexibility index (Phi) is 26.0. The van der Waals surface area contributed by atoms with Gasteiger partial charge in [0.05, 0.1) is 5.97 Å². The van der Waals surface area contributed by atoms with E-state index in [4.69, 9.17) is 9.90 Å². The van der Waals surface area contributed by atoms with E-state index in [1.54, 1.807) is 12.2 Å². The molecule has 2 nitrogen and oxygen atoms in total. The molecule has 0 unspecified atom stereocenters. The molecule has 0 aliphatic carbocycles. The molecule has 3 heteroatoms. The molecular weight excluding hydrogens is 139 g/mol. The fourth-order valence-corrected chi connectivity index (χ4v) is 0. The van der Waals surface area contributed by atoms with Crippen molar-refractivity contribution in [2.24, 2.45) is 0 Å². The summed E-state index contributed by atoms with van der Waals surface area (Å²) < 4.78 is 0. The van der Waals surface area contributed by atoms with Crippen LogP contribution in [0.15, 0.2) is 38.0 Å². The van der Waals surface area contributed by atoms with Crippen molar-refractivity contribution in [3.63, 3.8) is 0 Å². The van der Waals surface area contributed by atoms with Gasteiger partial charge in [-0.15, -0.1) is 0 Å². The van der Waals surface area contributed by atoms with Crippen LogP contribution in [0.25, 0.3) is 0 Å². The van der Waals surface area contributed by atoms with Crippen LogP contribution >= 0.6 is 0 Å². The van der Waals surface area contributed by atoms with Crippen LogP contribution in [0.3, 0.4) is 0 Å². The first-order valence-electron chi connectivity index (χ1n) is 2.26. The van der Waals surface area contributed by atoms with Crippen LogP contribution < -0.4 is 34.7 Å². The summed E-state index contributed by atoms with van der Waals surface area (Å²) in [6.07, 6.45) is 4.00. The molecule has 0 aromatic carbocycles. The minimum Gasteiger partial charge on any atom is -0.545 e. The molecule has 0 aliphatic rings. The third kappa shape index (κ3) is 47.6. The van der Waals surface area contributed by atoms with Gasteiger partial charge in [0.15, 0.2) is 0 Å². The summed E-state index contributed by atoms with van der Waals surface area (Å²) in [6.45, 7) is 9.62. The van der Waals surface area contributed by atoms with Gasteiger partial charge in [0.1, 0.15) is 0 Å². The van der Waals surface area contributed by atoms with Crippen LogP contribution in [-0.2, 0) is 4.79 Å². The zero-order chi connectivity index (χ0) is 7.70. The van der Waals surface area contributed by atoms with Gasteiger partial charge in [0.25, 0.3) is 0 Å². The maximum atomic E-state index is 9.14. The predicted molar refractivity (Wildman–Crippen MR) is 35.6 cm³/mol. The topological polar surface area (TPSA) is 40.1 Å². The molecule has 50 valence electrons. The Morgan fingerprint density at radius 1 is 1.20 bits per heavy atom. The van der Waals surface area contributed by atoms with Crippen molar-refractivity contribution < 1.29 is 39.5 Å². The predicted octanol–water partition coefficient (Wildman–Crippen LogP) is -2.72. The Balaban J connectivity index is -0.0000000910. The Morgan fingerprint density at radius 2 is 1.40 bits per heavy atom. The standard InChI is InChI=1S/C4H6.C3H4O2.Na/c1-3-4-2;1-2-3(4)5;/h3-4H,1-2H2;2H,1H2,(H,4,5);/q;;+1/p-1. The average Bonchev–Trinajstić information content (AvgIpc) is 1.89. The largest absolute Gasteiger partial charge is 1.00 e. The van der Waals surface area contributed by atoms with E-state index >= 15 is 0 Å². The molecule has 0 bridgehead atoms. The van der Waals surface area contributed by atoms with E-state index in [1.807, 2.05) is 0 Å². The molecule has 0 aliphatic heterocycles. The van der Waals surface area contributed by atoms with E-state index in [0.29, 0.717) is 0 Å². The summed E-state index contributed by atoms with van der Waals surface area (Å²) in [4.78, 5) is 9.14. The smallest absolute Gasteiger partial charge is 0.545 e. The van der Waals surface area contributed by atoms with E-state index < -0.39 is 5.97 Å². The van der Waals surface area contributed by atoms with Crippen molar-refractivity contribution in [1.29, 1.82) is 0 Å². The van der Waals surface area contributed by atoms with Crippen molar-refractivity contribution in [2.75, 3.05) is 0 Å². The molecule has 0 fully saturated rings. The van der Waals surface area contributed by atoms with Crippen molar-refractivity contribution >= 4 is 5.97 Å². The number of carboxylic acids is 1. The molecule has 0 aromatic rings. The van der Waals surface area contributed by atoms with Gasteiger partial charge < -0.3 is 9.90 Å². The second-order valence-electron chi connectivity index (χ2n) is 0.995. The third-order valence-corrected chi connectivity index (χ3v) is 0.333. The molecular formula is C7H9NaO2. The Labute approximate surface area is 83.2 Å². The number of rotatable bonds is 2. The van der Waals surface area contributed by atoms with Crippen LogP contribution in [0.4, 0.5) is 0 Å². The molecule has 0 N–H and O–H groups in total. The number of aliphatic carboxylic acids is 1. The van der Waals surface area contributed by atoms with Gasteiger partial charge in [0, 0.05) is 0 Å². The fraction of sp³-hybridized carbons (Fsp3) is 0. The molecule has 0 spiro atoms. The second-order valence-corrected chi connectivity index (χ2v) is 0.995. The average molecular weight is 148 g/mol. The molecule has 0 aromatic heterocycles. The van der Waals surface area contributed by atoms with Gasteiger partial charge in [-0.3, -0.25) is 0 Å². The van der Waals surface area contributed by atoms with E-state index in [0.717, 1.165) is 6.08 Å². The minimum atomic E-state index is -1.23. The fourth-order valence-electron chi connectivity index (χ4n) is 0. The minimum absolute atomic E-state index is 0. The van der Waals surface area contributed by atoms with Crippen molar-refractivity contribution in [3.05, 3.63) is 38.0 Å². The summed E-state index contributed by atoms with van der Waals surface area (Å²) in [6, 6.07) is 0. The van der Waals surface area contributed by atoms with Crippen LogP contribution in [0.5, 0.6) is 0 Å². The Bertz CT molecular complexity index is 113. The van der Waals surface area contributed by atoms with Crippen molar-refractivity contribution in [1.82, 2.24) is 0 Å². The summed E-state index contributed by atoms with van der Waals surface area (Å²) in [5.74, 6) is -1.23. The summed E-state index contributed by atoms with van der Waals surface area (Å²) in [5.41, 5.74) is 0. The molecule has 0 saturated carbocycles. The molecule has 0 atom stereocenters. The van der Waals surface area contributed by atoms with Crippen LogP contribution in [-0.4, -0.2) is 5.97 Å². The van der Waals surface area contributed by atoms with E-state index in [9.17, 15) is 0 Å². The van der Waals surface area contributed by atoms with Gasteiger partial charge in [-0.25, -0.2) is 0 Å². The molecule has 0 radical (unpaired) electrons. The van der Waals surface area contributed by atoms with Crippen LogP contribution in [0.1, 0.15) is 0 Å². The zero-order valence-corrected chi connectivity index (χ0v) is 8.17. The van der Waals surface area contributed by atoms with E-state index in [1.165, 1.54) is 0 Å². The SMILES string of the molecule is C=CC(=O)[O-].C=CC=C.[Na+]. The third-order valence-electron chi connectivity index (χ3n) is 0.333. The van der Waals surface area contributed by atoms with Gasteiger partial charge in [-0.1, -0.05) is 31.9 Å². The zero-order valence-electron chi connectivity index (χ0n) is 6.17. The number of carboxylic acid groups (broad SMARTS) is 1. The maximum Gasteiger partial charge on any atom is 1.00 e. The molecule has 0 saturated heterocycles. The van der Waals surface area contributed by atoms with Gasteiger partial charge in [0.2, 0.25) is 0 Å². The summed E-state index contributed by atoms with van der Waals surface area (Å²) >= 11 is 0. The first-order chi connectivity index (χ1) is 4.18. The maximum absolute atomic E-state index is 9.14. The number of allylic oxidation sites excluding steroid dienone is 2. The number of carbonyl (C=O) groups excluding carboxylic acids is 1. The summed E-state index contributed by atoms with van der Waals surface area (Å²) in [7, 11) is 0. The van der Waals surface area contributed by atoms with Crippen LogP contribution in [0.2, 0.25) is 0 Å². The summed E-state index contributed by atoms with van der Waals surface area (Å²) in [5, 5.41) is 9.14. The van der Waals surface area contributed by atoms with E-state index in [2.05, 4.69) is 19.7 Å². The molecule has 10 heavy (non-hydrogen) atoms. The monoisotopic (exact) mass is 148 g/mol. The van der Waals surface area contributed by atoms with Gasteiger partial charge in [-0.2, -0.15) is 0 Å². The Morgan fingerprint density at radius 3 is 1.40 bits per heavy atom. The number of hydrogen-bond donors (Lipinski definition) is 0. The second kappa shape index (κ2) is 15.9. The molecule has 0 rings (SSSR count). The molecule has 0 amide bonds. The number of hydrogen-bond acceptors (Lipinski definition) is 2. The van der Waals surface area contributed by atoms with Crippen molar-refractivity contribution in [2.45, 2.75) is 0 Å². The normalized spacial score (nSPS) is 5.20. The Hall–Kier alpha value is -0.310. The molecule has 0 heterocycles. The number of carbonyl (C=O) groups is 1. The van der Waals surface area contributed by atoms with Crippen molar-refractivity contribution in [3.8, 4) is 0 Å². The first-order valence-corrected chi connectivity index (χ1v) is 2.26. The first kappa shape index (κ1) is 16.3.